The average molecular weight is 874 g/mol. The van der Waals surface area contributed by atoms with Gasteiger partial charge in [0.1, 0.15) is 11.9 Å². The van der Waals surface area contributed by atoms with E-state index in [2.05, 4.69) is 96.4 Å². The van der Waals surface area contributed by atoms with Crippen LogP contribution in [0.3, 0.4) is 0 Å². The molecule has 1 fully saturated rings. The summed E-state index contributed by atoms with van der Waals surface area (Å²) in [5.41, 5.74) is 3.50. The van der Waals surface area contributed by atoms with Crippen LogP contribution in [0.15, 0.2) is 36.4 Å². The van der Waals surface area contributed by atoms with Crippen LogP contribution in [-0.2, 0) is 18.5 Å². The molecule has 0 radical (unpaired) electrons. The highest BCUT2D eigenvalue weighted by atomic mass is 127. The van der Waals surface area contributed by atoms with Gasteiger partial charge in [0.15, 0.2) is 5.82 Å². The normalized spacial score (nSPS) is 16.0. The van der Waals surface area contributed by atoms with Crippen molar-refractivity contribution in [2.24, 2.45) is 13.0 Å². The minimum absolute atomic E-state index is 0.121. The van der Waals surface area contributed by atoms with Gasteiger partial charge in [0, 0.05) is 43.7 Å². The first-order valence-corrected chi connectivity index (χ1v) is 16.9. The van der Waals surface area contributed by atoms with E-state index in [-0.39, 0.29) is 11.9 Å². The molecule has 1 N–H and O–H groups in total. The highest BCUT2D eigenvalue weighted by Gasteiger charge is 2.28. The first-order chi connectivity index (χ1) is 18.6. The molecule has 1 aliphatic rings. The van der Waals surface area contributed by atoms with Crippen molar-refractivity contribution in [1.82, 2.24) is 14.7 Å². The molecule has 6 nitrogen and oxygen atoms in total. The molecule has 0 amide bonds. The lowest BCUT2D eigenvalue weighted by Crippen LogP contribution is -2.41. The number of halogens is 4. The summed E-state index contributed by atoms with van der Waals surface area (Å²) in [5, 5.41) is 14.5. The van der Waals surface area contributed by atoms with Gasteiger partial charge in [-0.05, 0) is 68.3 Å². The third kappa shape index (κ3) is 8.39. The molecule has 1 saturated heterocycles. The van der Waals surface area contributed by atoms with E-state index in [1.54, 1.807) is 12.1 Å². The van der Waals surface area contributed by atoms with Crippen LogP contribution >= 0.6 is 67.8 Å². The number of benzene rings is 2. The fraction of sp³-hybridized carbons (Fsp3) is 0.552. The molecular formula is C29H38FI3N4O2. The maximum atomic E-state index is 14.9. The molecule has 2 aromatic carbocycles. The molecule has 4 rings (SSSR count). The second kappa shape index (κ2) is 14.3. The van der Waals surface area contributed by atoms with Crippen molar-refractivity contribution in [2.45, 2.75) is 57.5 Å². The average Bonchev–Trinajstić information content (AvgIpc) is 3.22. The number of piperidine rings is 1. The zero-order valence-corrected chi connectivity index (χ0v) is 29.3. The monoisotopic (exact) mass is 874 g/mol. The summed E-state index contributed by atoms with van der Waals surface area (Å²) < 4.78 is 17.1. The van der Waals surface area contributed by atoms with Crippen molar-refractivity contribution in [1.29, 1.82) is 0 Å². The Balaban J connectivity index is 1.47. The smallest absolute Gasteiger partial charge is 0.158 e. The van der Waals surface area contributed by atoms with Crippen molar-refractivity contribution in [3.63, 3.8) is 0 Å². The minimum atomic E-state index is -0.262. The van der Waals surface area contributed by atoms with Crippen LogP contribution in [-0.4, -0.2) is 52.1 Å². The molecule has 1 aromatic heterocycles. The van der Waals surface area contributed by atoms with E-state index >= 15 is 0 Å². The lowest BCUT2D eigenvalue weighted by atomic mass is 9.94. The Labute approximate surface area is 272 Å². The van der Waals surface area contributed by atoms with Crippen molar-refractivity contribution >= 4 is 84.5 Å². The quantitative estimate of drug-likeness (QED) is 0.0858. The summed E-state index contributed by atoms with van der Waals surface area (Å²) in [6.07, 6.45) is 7.16. The van der Waals surface area contributed by atoms with Gasteiger partial charge in [-0.1, -0.05) is 105 Å². The molecule has 39 heavy (non-hydrogen) atoms. The molecule has 0 aliphatic carbocycles. The molecule has 1 unspecified atom stereocenters. The lowest BCUT2D eigenvalue weighted by Gasteiger charge is -2.37. The topological polar surface area (TPSA) is 53.8 Å². The maximum Gasteiger partial charge on any atom is 0.158 e. The standard InChI is InChI=1S/C29H38FI3N4O2/c1-4-5-24(10-13-29(31,32)33)35(2)18-20-11-14-37(15-12-20)28-26-17-23(30)16-25(27(26)36(3)34-28)22-8-6-21(7-9-22)19-39-38/h6-9,16-17,20,24,38H,4-5,10-15,18-19H2,1-3H3. The largest absolute Gasteiger partial charge is 0.355 e. The number of hydrogen-bond donors (Lipinski definition) is 1. The Hall–Kier alpha value is -0.290. The van der Waals surface area contributed by atoms with E-state index in [1.807, 2.05) is 36.0 Å². The van der Waals surface area contributed by atoms with Gasteiger partial charge in [-0.3, -0.25) is 9.94 Å². The summed E-state index contributed by atoms with van der Waals surface area (Å²) in [7, 11) is 4.24. The predicted octanol–water partition coefficient (Wildman–Crippen LogP) is 8.42. The molecular weight excluding hydrogens is 836 g/mol. The fourth-order valence-electron chi connectivity index (χ4n) is 5.81. The first-order valence-electron chi connectivity index (χ1n) is 13.6. The van der Waals surface area contributed by atoms with Gasteiger partial charge >= 0.3 is 0 Å². The zero-order chi connectivity index (χ0) is 28.2. The van der Waals surface area contributed by atoms with Gasteiger partial charge in [0.2, 0.25) is 0 Å². The Kier molecular flexibility index (Phi) is 11.6. The van der Waals surface area contributed by atoms with Crippen molar-refractivity contribution in [3.05, 3.63) is 47.8 Å². The summed E-state index contributed by atoms with van der Waals surface area (Å²) in [6, 6.07) is 11.5. The number of alkyl halides is 3. The highest BCUT2D eigenvalue weighted by molar-refractivity contribution is 14.3. The Morgan fingerprint density at radius 1 is 1.15 bits per heavy atom. The van der Waals surface area contributed by atoms with Crippen LogP contribution in [0.25, 0.3) is 22.0 Å². The predicted molar refractivity (Wildman–Crippen MR) is 184 cm³/mol. The summed E-state index contributed by atoms with van der Waals surface area (Å²) in [5.74, 6) is 1.27. The molecule has 0 bridgehead atoms. The second-order valence-electron chi connectivity index (χ2n) is 10.7. The van der Waals surface area contributed by atoms with Crippen molar-refractivity contribution < 1.29 is 14.5 Å². The molecule has 3 aromatic rings. The first kappa shape index (κ1) is 31.6. The number of rotatable bonds is 12. The van der Waals surface area contributed by atoms with Gasteiger partial charge in [-0.25, -0.2) is 9.28 Å². The number of fused-ring (bicyclic) bond motifs is 1. The Bertz CT molecular complexity index is 1220. The van der Waals surface area contributed by atoms with E-state index in [0.717, 1.165) is 65.9 Å². The van der Waals surface area contributed by atoms with E-state index in [9.17, 15) is 4.39 Å². The summed E-state index contributed by atoms with van der Waals surface area (Å²) >= 11 is 7.65. The van der Waals surface area contributed by atoms with Crippen LogP contribution in [0.2, 0.25) is 0 Å². The number of nitrogens with zero attached hydrogens (tertiary/aromatic N) is 4. The number of aryl methyl sites for hydroxylation is 1. The Morgan fingerprint density at radius 2 is 1.85 bits per heavy atom. The lowest BCUT2D eigenvalue weighted by molar-refractivity contribution is -0.253. The molecule has 0 spiro atoms. The van der Waals surface area contributed by atoms with Crippen LogP contribution in [0, 0.1) is 11.7 Å². The molecule has 10 heteroatoms. The van der Waals surface area contributed by atoms with Crippen LogP contribution < -0.4 is 4.90 Å². The molecule has 1 atom stereocenters. The third-order valence-electron chi connectivity index (χ3n) is 7.85. The van der Waals surface area contributed by atoms with Gasteiger partial charge in [-0.15, -0.1) is 0 Å². The zero-order valence-electron chi connectivity index (χ0n) is 22.8. The van der Waals surface area contributed by atoms with E-state index in [1.165, 1.54) is 25.7 Å². The van der Waals surface area contributed by atoms with Crippen LogP contribution in [0.1, 0.15) is 51.0 Å². The third-order valence-corrected chi connectivity index (χ3v) is 9.46. The molecule has 1 aliphatic heterocycles. The second-order valence-corrected chi connectivity index (χ2v) is 22.5. The van der Waals surface area contributed by atoms with Crippen LogP contribution in [0.5, 0.6) is 0 Å². The van der Waals surface area contributed by atoms with Gasteiger partial charge in [0.05, 0.1) is 5.52 Å². The molecule has 2 heterocycles. The van der Waals surface area contributed by atoms with Gasteiger partial charge < -0.3 is 9.80 Å². The number of aromatic nitrogens is 2. The van der Waals surface area contributed by atoms with Crippen molar-refractivity contribution in [2.75, 3.05) is 31.6 Å². The number of hydrogen-bond acceptors (Lipinski definition) is 5. The maximum absolute atomic E-state index is 14.9. The fourth-order valence-corrected chi connectivity index (χ4v) is 6.74. The van der Waals surface area contributed by atoms with Crippen LogP contribution in [0.4, 0.5) is 10.2 Å². The molecule has 214 valence electrons. The molecule has 0 saturated carbocycles. The minimum Gasteiger partial charge on any atom is -0.355 e. The highest BCUT2D eigenvalue weighted by Crippen LogP contribution is 2.41. The van der Waals surface area contributed by atoms with E-state index in [0.29, 0.717) is 12.0 Å². The number of anilines is 1. The van der Waals surface area contributed by atoms with E-state index in [4.69, 9.17) is 10.4 Å². The SMILES string of the molecule is CCCC(CCC(I)(I)I)N(C)CC1CCN(c2nn(C)c3c(-c4ccc(COO)cc4)cc(F)cc23)CC1. The summed E-state index contributed by atoms with van der Waals surface area (Å²) in [6.45, 7) is 5.41. The summed E-state index contributed by atoms with van der Waals surface area (Å²) in [4.78, 5) is 9.19. The van der Waals surface area contributed by atoms with E-state index < -0.39 is 0 Å². The van der Waals surface area contributed by atoms with Gasteiger partial charge in [0.25, 0.3) is 0 Å². The van der Waals surface area contributed by atoms with Gasteiger partial charge in [-0.2, -0.15) is 5.10 Å². The Morgan fingerprint density at radius 3 is 2.46 bits per heavy atom. The van der Waals surface area contributed by atoms with Crippen molar-refractivity contribution in [3.8, 4) is 11.1 Å².